The quantitative estimate of drug-likeness (QED) is 0.338. The number of anilines is 1. The Morgan fingerprint density at radius 2 is 1.88 bits per heavy atom. The van der Waals surface area contributed by atoms with Crippen LogP contribution in [0.15, 0.2) is 72.0 Å². The lowest BCUT2D eigenvalue weighted by Crippen LogP contribution is -2.17. The minimum atomic E-state index is -0.509. The van der Waals surface area contributed by atoms with Gasteiger partial charge in [0.2, 0.25) is 5.91 Å². The standard InChI is InChI=1S/C23H20N4O4S/c1-30-16-9-7-15(8-10-16)19-13-20-22(24-11-12-27(20)26-19)32-14-21(28)25-18-6-4-3-5-17(18)23(29)31-2/h3-13H,14H2,1-2H3,(H,25,28). The van der Waals surface area contributed by atoms with Crippen molar-refractivity contribution < 1.29 is 19.1 Å². The number of methoxy groups -OCH3 is 2. The van der Waals surface area contributed by atoms with E-state index in [0.29, 0.717) is 16.3 Å². The number of amides is 1. The van der Waals surface area contributed by atoms with Gasteiger partial charge in [-0.25, -0.2) is 14.3 Å². The van der Waals surface area contributed by atoms with E-state index in [4.69, 9.17) is 9.47 Å². The average molecular weight is 449 g/mol. The summed E-state index contributed by atoms with van der Waals surface area (Å²) in [5, 5.41) is 8.05. The second-order valence-electron chi connectivity index (χ2n) is 6.69. The van der Waals surface area contributed by atoms with Crippen LogP contribution in [0.2, 0.25) is 0 Å². The molecule has 0 radical (unpaired) electrons. The van der Waals surface area contributed by atoms with Gasteiger partial charge in [0.25, 0.3) is 0 Å². The van der Waals surface area contributed by atoms with Crippen LogP contribution < -0.4 is 10.1 Å². The van der Waals surface area contributed by atoms with Crippen molar-refractivity contribution in [3.63, 3.8) is 0 Å². The highest BCUT2D eigenvalue weighted by atomic mass is 32.2. The number of rotatable bonds is 7. The monoisotopic (exact) mass is 448 g/mol. The molecule has 0 spiro atoms. The van der Waals surface area contributed by atoms with Crippen molar-refractivity contribution in [1.29, 1.82) is 0 Å². The topological polar surface area (TPSA) is 94.8 Å². The Hall–Kier alpha value is -3.85. The number of hydrogen-bond acceptors (Lipinski definition) is 7. The molecule has 9 heteroatoms. The van der Waals surface area contributed by atoms with Crippen LogP contribution in [-0.2, 0) is 9.53 Å². The van der Waals surface area contributed by atoms with E-state index in [-0.39, 0.29) is 11.7 Å². The highest BCUT2D eigenvalue weighted by Crippen LogP contribution is 2.27. The van der Waals surface area contributed by atoms with E-state index >= 15 is 0 Å². The Bertz CT molecular complexity index is 1270. The van der Waals surface area contributed by atoms with E-state index in [0.717, 1.165) is 22.5 Å². The third-order valence-corrected chi connectivity index (χ3v) is 5.68. The van der Waals surface area contributed by atoms with Crippen LogP contribution in [0.25, 0.3) is 16.8 Å². The summed E-state index contributed by atoms with van der Waals surface area (Å²) in [6.45, 7) is 0. The molecule has 2 aromatic heterocycles. The Morgan fingerprint density at radius 3 is 2.62 bits per heavy atom. The molecule has 1 amide bonds. The minimum absolute atomic E-state index is 0.116. The van der Waals surface area contributed by atoms with Crippen molar-refractivity contribution in [2.24, 2.45) is 0 Å². The third kappa shape index (κ3) is 4.57. The maximum atomic E-state index is 12.5. The summed E-state index contributed by atoms with van der Waals surface area (Å²) < 4.78 is 11.7. The molecule has 4 rings (SSSR count). The maximum absolute atomic E-state index is 12.5. The largest absolute Gasteiger partial charge is 0.497 e. The molecule has 162 valence electrons. The van der Waals surface area contributed by atoms with Crippen LogP contribution in [-0.4, -0.2) is 46.4 Å². The Kier molecular flexibility index (Phi) is 6.37. The summed E-state index contributed by atoms with van der Waals surface area (Å²) in [6.07, 6.45) is 3.41. The van der Waals surface area contributed by atoms with Crippen LogP contribution in [0.1, 0.15) is 10.4 Å². The van der Waals surface area contributed by atoms with E-state index in [1.54, 1.807) is 48.3 Å². The molecule has 8 nitrogen and oxygen atoms in total. The van der Waals surface area contributed by atoms with Crippen LogP contribution in [0.4, 0.5) is 5.69 Å². The number of ether oxygens (including phenoxy) is 2. The van der Waals surface area contributed by atoms with Crippen LogP contribution in [0.5, 0.6) is 5.75 Å². The normalized spacial score (nSPS) is 10.7. The molecule has 1 N–H and O–H groups in total. The zero-order chi connectivity index (χ0) is 22.5. The molecule has 0 aliphatic rings. The van der Waals surface area contributed by atoms with Gasteiger partial charge in [0, 0.05) is 18.0 Å². The number of nitrogens with zero attached hydrogens (tertiary/aromatic N) is 3. The van der Waals surface area contributed by atoms with Crippen molar-refractivity contribution in [1.82, 2.24) is 14.6 Å². The number of thioether (sulfide) groups is 1. The molecule has 0 unspecified atom stereocenters. The summed E-state index contributed by atoms with van der Waals surface area (Å²) in [4.78, 5) is 28.8. The lowest BCUT2D eigenvalue weighted by Gasteiger charge is -2.09. The Morgan fingerprint density at radius 1 is 1.09 bits per heavy atom. The summed E-state index contributed by atoms with van der Waals surface area (Å²) in [5.41, 5.74) is 3.24. The first-order valence-corrected chi connectivity index (χ1v) is 10.7. The maximum Gasteiger partial charge on any atom is 0.339 e. The molecule has 0 bridgehead atoms. The second-order valence-corrected chi connectivity index (χ2v) is 7.66. The Labute approximate surface area is 188 Å². The van der Waals surface area contributed by atoms with Crippen molar-refractivity contribution in [3.05, 3.63) is 72.6 Å². The first-order chi connectivity index (χ1) is 15.6. The van der Waals surface area contributed by atoms with E-state index in [1.807, 2.05) is 30.3 Å². The van der Waals surface area contributed by atoms with Gasteiger partial charge in [0.1, 0.15) is 10.8 Å². The van der Waals surface area contributed by atoms with Gasteiger partial charge in [-0.15, -0.1) is 0 Å². The number of aromatic nitrogens is 3. The van der Waals surface area contributed by atoms with Crippen LogP contribution >= 0.6 is 11.8 Å². The number of para-hydroxylation sites is 1. The zero-order valence-electron chi connectivity index (χ0n) is 17.4. The number of hydrogen-bond donors (Lipinski definition) is 1. The lowest BCUT2D eigenvalue weighted by atomic mass is 10.1. The molecule has 2 heterocycles. The zero-order valence-corrected chi connectivity index (χ0v) is 18.3. The van der Waals surface area contributed by atoms with Gasteiger partial charge < -0.3 is 14.8 Å². The summed E-state index contributed by atoms with van der Waals surface area (Å²) in [5.74, 6) is 0.121. The average Bonchev–Trinajstić information content (AvgIpc) is 3.27. The fourth-order valence-corrected chi connectivity index (χ4v) is 3.89. The van der Waals surface area contributed by atoms with Gasteiger partial charge in [-0.3, -0.25) is 4.79 Å². The van der Waals surface area contributed by atoms with Crippen molar-refractivity contribution in [3.8, 4) is 17.0 Å². The van der Waals surface area contributed by atoms with Gasteiger partial charge >= 0.3 is 5.97 Å². The van der Waals surface area contributed by atoms with Crippen LogP contribution in [0.3, 0.4) is 0 Å². The fraction of sp³-hybridized carbons (Fsp3) is 0.130. The van der Waals surface area contributed by atoms with E-state index in [9.17, 15) is 9.59 Å². The fourth-order valence-electron chi connectivity index (χ4n) is 3.11. The summed E-state index contributed by atoms with van der Waals surface area (Å²) in [6, 6.07) is 16.3. The molecular formula is C23H20N4O4S. The molecule has 0 saturated heterocycles. The molecule has 32 heavy (non-hydrogen) atoms. The summed E-state index contributed by atoms with van der Waals surface area (Å²) in [7, 11) is 2.92. The predicted octanol–water partition coefficient (Wildman–Crippen LogP) is 3.92. The third-order valence-electron chi connectivity index (χ3n) is 4.69. The first kappa shape index (κ1) is 21.4. The van der Waals surface area contributed by atoms with Gasteiger partial charge in [-0.05, 0) is 42.5 Å². The minimum Gasteiger partial charge on any atom is -0.497 e. The molecule has 0 aliphatic heterocycles. The number of nitrogens with one attached hydrogen (secondary N) is 1. The number of benzene rings is 2. The first-order valence-electron chi connectivity index (χ1n) is 9.68. The molecule has 4 aromatic rings. The van der Waals surface area contributed by atoms with E-state index < -0.39 is 5.97 Å². The van der Waals surface area contributed by atoms with Gasteiger partial charge in [0.15, 0.2) is 0 Å². The Balaban J connectivity index is 1.49. The smallest absolute Gasteiger partial charge is 0.339 e. The summed E-state index contributed by atoms with van der Waals surface area (Å²) >= 11 is 1.29. The molecule has 0 atom stereocenters. The lowest BCUT2D eigenvalue weighted by molar-refractivity contribution is -0.113. The molecule has 2 aromatic carbocycles. The molecule has 0 aliphatic carbocycles. The van der Waals surface area contributed by atoms with Crippen molar-refractivity contribution in [2.75, 3.05) is 25.3 Å². The van der Waals surface area contributed by atoms with Gasteiger partial charge in [-0.2, -0.15) is 5.10 Å². The van der Waals surface area contributed by atoms with E-state index in [1.165, 1.54) is 18.9 Å². The number of carbonyl (C=O) groups excluding carboxylic acids is 2. The van der Waals surface area contributed by atoms with E-state index in [2.05, 4.69) is 15.4 Å². The molecule has 0 saturated carbocycles. The molecule has 0 fully saturated rings. The van der Waals surface area contributed by atoms with Crippen molar-refractivity contribution in [2.45, 2.75) is 5.03 Å². The number of esters is 1. The number of fused-ring (bicyclic) bond motifs is 1. The second kappa shape index (κ2) is 9.52. The van der Waals surface area contributed by atoms with Gasteiger partial charge in [0.05, 0.1) is 42.4 Å². The SMILES string of the molecule is COC(=O)c1ccccc1NC(=O)CSc1nccn2nc(-c3ccc(OC)cc3)cc12. The van der Waals surface area contributed by atoms with Crippen molar-refractivity contribution >= 4 is 34.8 Å². The number of carbonyl (C=O) groups is 2. The highest BCUT2D eigenvalue weighted by Gasteiger charge is 2.15. The molecular weight excluding hydrogens is 428 g/mol. The highest BCUT2D eigenvalue weighted by molar-refractivity contribution is 8.00. The van der Waals surface area contributed by atoms with Crippen LogP contribution in [0, 0.1) is 0 Å². The predicted molar refractivity (Wildman–Crippen MR) is 122 cm³/mol. The van der Waals surface area contributed by atoms with Gasteiger partial charge in [-0.1, -0.05) is 23.9 Å².